The summed E-state index contributed by atoms with van der Waals surface area (Å²) < 4.78 is 5.26. The van der Waals surface area contributed by atoms with Gasteiger partial charge in [-0.3, -0.25) is 0 Å². The zero-order valence-corrected chi connectivity index (χ0v) is 11.2. The molecule has 0 aliphatic carbocycles. The monoisotopic (exact) mass is 236 g/mol. The van der Waals surface area contributed by atoms with Crippen molar-refractivity contribution in [2.24, 2.45) is 0 Å². The van der Waals surface area contributed by atoms with Crippen LogP contribution >= 0.6 is 0 Å². The molecule has 1 aromatic rings. The second-order valence-electron chi connectivity index (χ2n) is 4.62. The highest BCUT2D eigenvalue weighted by molar-refractivity contribution is 5.30. The van der Waals surface area contributed by atoms with E-state index in [1.165, 1.54) is 16.7 Å². The molecule has 0 fully saturated rings. The summed E-state index contributed by atoms with van der Waals surface area (Å²) in [4.78, 5) is 0. The van der Waals surface area contributed by atoms with Crippen LogP contribution in [0, 0.1) is 13.8 Å². The standard InChI is InChI=1S/C15H24O2/c1-4-17-9-5-6-15(16)11-14-8-7-12(2)13(3)10-14/h7-8,10,15-16H,4-6,9,11H2,1-3H3. The van der Waals surface area contributed by atoms with Gasteiger partial charge in [0, 0.05) is 13.2 Å². The highest BCUT2D eigenvalue weighted by Crippen LogP contribution is 2.13. The predicted octanol–water partition coefficient (Wildman–Crippen LogP) is 3.02. The van der Waals surface area contributed by atoms with Crippen LogP contribution in [0.25, 0.3) is 0 Å². The quantitative estimate of drug-likeness (QED) is 0.737. The Hall–Kier alpha value is -0.860. The van der Waals surface area contributed by atoms with Gasteiger partial charge in [0.25, 0.3) is 0 Å². The molecule has 0 radical (unpaired) electrons. The van der Waals surface area contributed by atoms with Crippen molar-refractivity contribution >= 4 is 0 Å². The van der Waals surface area contributed by atoms with Crippen molar-refractivity contribution in [3.05, 3.63) is 34.9 Å². The molecule has 1 atom stereocenters. The topological polar surface area (TPSA) is 29.5 Å². The van der Waals surface area contributed by atoms with Gasteiger partial charge in [-0.2, -0.15) is 0 Å². The average Bonchev–Trinajstić information content (AvgIpc) is 2.30. The number of ether oxygens (including phenoxy) is 1. The van der Waals surface area contributed by atoms with Crippen molar-refractivity contribution < 1.29 is 9.84 Å². The molecule has 0 aromatic heterocycles. The minimum atomic E-state index is -0.252. The maximum Gasteiger partial charge on any atom is 0.0581 e. The lowest BCUT2D eigenvalue weighted by Gasteiger charge is -2.11. The lowest BCUT2D eigenvalue weighted by molar-refractivity contribution is 0.114. The number of aliphatic hydroxyl groups excluding tert-OH is 1. The predicted molar refractivity (Wildman–Crippen MR) is 71.4 cm³/mol. The summed E-state index contributed by atoms with van der Waals surface area (Å²) in [6, 6.07) is 6.40. The number of hydrogen-bond donors (Lipinski definition) is 1. The minimum absolute atomic E-state index is 0.252. The first kappa shape index (κ1) is 14.2. The van der Waals surface area contributed by atoms with Crippen molar-refractivity contribution in [1.29, 1.82) is 0 Å². The van der Waals surface area contributed by atoms with E-state index in [9.17, 15) is 5.11 Å². The Morgan fingerprint density at radius 1 is 1.24 bits per heavy atom. The van der Waals surface area contributed by atoms with Gasteiger partial charge in [-0.15, -0.1) is 0 Å². The van der Waals surface area contributed by atoms with Crippen LogP contribution in [0.15, 0.2) is 18.2 Å². The molecule has 0 aliphatic rings. The lowest BCUT2D eigenvalue weighted by atomic mass is 10.0. The molecule has 0 aliphatic heterocycles. The highest BCUT2D eigenvalue weighted by Gasteiger charge is 2.06. The molecule has 0 amide bonds. The zero-order chi connectivity index (χ0) is 12.7. The number of rotatable bonds is 7. The third kappa shape index (κ3) is 5.33. The highest BCUT2D eigenvalue weighted by atomic mass is 16.5. The summed E-state index contributed by atoms with van der Waals surface area (Å²) in [7, 11) is 0. The Morgan fingerprint density at radius 2 is 2.00 bits per heavy atom. The van der Waals surface area contributed by atoms with Gasteiger partial charge in [0.15, 0.2) is 0 Å². The van der Waals surface area contributed by atoms with Crippen LogP contribution in [0.5, 0.6) is 0 Å². The SMILES string of the molecule is CCOCCCC(O)Cc1ccc(C)c(C)c1. The molecule has 0 spiro atoms. The first-order valence-corrected chi connectivity index (χ1v) is 6.45. The molecule has 17 heavy (non-hydrogen) atoms. The van der Waals surface area contributed by atoms with E-state index < -0.39 is 0 Å². The van der Waals surface area contributed by atoms with E-state index in [-0.39, 0.29) is 6.10 Å². The molecule has 2 nitrogen and oxygen atoms in total. The Bertz CT molecular complexity index is 334. The summed E-state index contributed by atoms with van der Waals surface area (Å²) in [6.45, 7) is 7.72. The maximum atomic E-state index is 9.91. The fourth-order valence-electron chi connectivity index (χ4n) is 1.87. The van der Waals surface area contributed by atoms with Crippen LogP contribution in [0.3, 0.4) is 0 Å². The van der Waals surface area contributed by atoms with E-state index in [0.717, 1.165) is 32.5 Å². The second-order valence-corrected chi connectivity index (χ2v) is 4.62. The van der Waals surface area contributed by atoms with E-state index in [4.69, 9.17) is 4.74 Å². The van der Waals surface area contributed by atoms with E-state index in [1.54, 1.807) is 0 Å². The molecule has 1 unspecified atom stereocenters. The summed E-state index contributed by atoms with van der Waals surface area (Å²) in [5, 5.41) is 9.91. The number of aliphatic hydroxyl groups is 1. The maximum absolute atomic E-state index is 9.91. The fourth-order valence-corrected chi connectivity index (χ4v) is 1.87. The third-order valence-electron chi connectivity index (χ3n) is 3.07. The van der Waals surface area contributed by atoms with Gasteiger partial charge in [0.05, 0.1) is 6.10 Å². The van der Waals surface area contributed by atoms with Gasteiger partial charge in [0.1, 0.15) is 0 Å². The van der Waals surface area contributed by atoms with Crippen LogP contribution in [-0.4, -0.2) is 24.4 Å². The molecule has 0 saturated carbocycles. The molecule has 2 heteroatoms. The third-order valence-corrected chi connectivity index (χ3v) is 3.07. The van der Waals surface area contributed by atoms with E-state index in [0.29, 0.717) is 0 Å². The van der Waals surface area contributed by atoms with E-state index >= 15 is 0 Å². The molecule has 96 valence electrons. The molecule has 1 rings (SSSR count). The van der Waals surface area contributed by atoms with Crippen molar-refractivity contribution in [2.75, 3.05) is 13.2 Å². The summed E-state index contributed by atoms with van der Waals surface area (Å²) in [6.07, 6.45) is 2.23. The Kier molecular flexibility index (Phi) is 6.23. The van der Waals surface area contributed by atoms with Crippen molar-refractivity contribution in [3.63, 3.8) is 0 Å². The fraction of sp³-hybridized carbons (Fsp3) is 0.600. The second kappa shape index (κ2) is 7.46. The number of hydrogen-bond acceptors (Lipinski definition) is 2. The number of aryl methyl sites for hydroxylation is 2. The van der Waals surface area contributed by atoms with E-state index in [1.807, 2.05) is 6.92 Å². The van der Waals surface area contributed by atoms with Gasteiger partial charge in [0.2, 0.25) is 0 Å². The Labute approximate surface area is 105 Å². The summed E-state index contributed by atoms with van der Waals surface area (Å²) in [5.41, 5.74) is 3.82. The largest absolute Gasteiger partial charge is 0.393 e. The van der Waals surface area contributed by atoms with Crippen LogP contribution in [0.4, 0.5) is 0 Å². The van der Waals surface area contributed by atoms with Gasteiger partial charge >= 0.3 is 0 Å². The van der Waals surface area contributed by atoms with Crippen LogP contribution in [-0.2, 0) is 11.2 Å². The molecule has 0 heterocycles. The summed E-state index contributed by atoms with van der Waals surface area (Å²) >= 11 is 0. The van der Waals surface area contributed by atoms with Gasteiger partial charge in [-0.05, 0) is 56.7 Å². The van der Waals surface area contributed by atoms with Gasteiger partial charge in [-0.1, -0.05) is 18.2 Å². The molecular formula is C15H24O2. The van der Waals surface area contributed by atoms with Crippen LogP contribution in [0.2, 0.25) is 0 Å². The summed E-state index contributed by atoms with van der Waals surface area (Å²) in [5.74, 6) is 0. The Morgan fingerprint density at radius 3 is 2.65 bits per heavy atom. The first-order chi connectivity index (χ1) is 8.13. The number of benzene rings is 1. The zero-order valence-electron chi connectivity index (χ0n) is 11.2. The molecule has 1 N–H and O–H groups in total. The van der Waals surface area contributed by atoms with Crippen LogP contribution < -0.4 is 0 Å². The van der Waals surface area contributed by atoms with Crippen molar-refractivity contribution in [1.82, 2.24) is 0 Å². The average molecular weight is 236 g/mol. The molecular weight excluding hydrogens is 212 g/mol. The van der Waals surface area contributed by atoms with Gasteiger partial charge in [-0.25, -0.2) is 0 Å². The molecule has 1 aromatic carbocycles. The first-order valence-electron chi connectivity index (χ1n) is 6.45. The Balaban J connectivity index is 2.34. The van der Waals surface area contributed by atoms with Crippen molar-refractivity contribution in [3.8, 4) is 0 Å². The normalized spacial score (nSPS) is 12.7. The molecule has 0 bridgehead atoms. The lowest BCUT2D eigenvalue weighted by Crippen LogP contribution is -2.11. The smallest absolute Gasteiger partial charge is 0.0581 e. The van der Waals surface area contributed by atoms with Crippen LogP contribution in [0.1, 0.15) is 36.5 Å². The minimum Gasteiger partial charge on any atom is -0.393 e. The van der Waals surface area contributed by atoms with E-state index in [2.05, 4.69) is 32.0 Å². The van der Waals surface area contributed by atoms with Gasteiger partial charge < -0.3 is 9.84 Å². The molecule has 0 saturated heterocycles. The van der Waals surface area contributed by atoms with Crippen molar-refractivity contribution in [2.45, 2.75) is 46.1 Å².